The molecule has 5 aromatic heterocycles. The highest BCUT2D eigenvalue weighted by Crippen LogP contribution is 2.46. The number of nitriles is 1. The zero-order valence-corrected chi connectivity index (χ0v) is 21.7. The van der Waals surface area contributed by atoms with Crippen molar-refractivity contribution in [1.29, 1.82) is 5.26 Å². The van der Waals surface area contributed by atoms with Crippen molar-refractivity contribution in [3.05, 3.63) is 78.6 Å². The number of aromatic nitrogens is 6. The molecule has 2 aliphatic rings. The fourth-order valence-corrected chi connectivity index (χ4v) is 5.77. The van der Waals surface area contributed by atoms with Crippen molar-refractivity contribution in [2.75, 3.05) is 25.1 Å². The van der Waals surface area contributed by atoms with Crippen LogP contribution in [-0.4, -0.2) is 55.6 Å². The van der Waals surface area contributed by atoms with Crippen LogP contribution in [0.25, 0.3) is 27.8 Å². The number of hydrogen-bond acceptors (Lipinski definition) is 8. The first-order valence-electron chi connectivity index (χ1n) is 13.0. The summed E-state index contributed by atoms with van der Waals surface area (Å²) in [5, 5.41) is 22.1. The van der Waals surface area contributed by atoms with Gasteiger partial charge in [-0.15, -0.1) is 0 Å². The third-order valence-corrected chi connectivity index (χ3v) is 7.90. The molecule has 2 atom stereocenters. The SMILES string of the molecule is COc1ccc(CNC2C3CN(c4ccc(-c5cc(-c6cnn(C)c6)cn6ncc(C#N)c56)cn4)CC32)cn1. The fraction of sp³-hybridized carbons (Fsp3) is 0.276. The van der Waals surface area contributed by atoms with E-state index in [0.717, 1.165) is 58.8 Å². The molecular weight excluding hydrogens is 490 g/mol. The number of anilines is 1. The normalized spacial score (nSPS) is 19.7. The summed E-state index contributed by atoms with van der Waals surface area (Å²) in [4.78, 5) is 11.5. The Labute approximate surface area is 225 Å². The van der Waals surface area contributed by atoms with Gasteiger partial charge in [-0.05, 0) is 35.6 Å². The van der Waals surface area contributed by atoms with Gasteiger partial charge in [0.15, 0.2) is 0 Å². The number of hydrogen-bond donors (Lipinski definition) is 1. The Morgan fingerprint density at radius 3 is 2.51 bits per heavy atom. The molecule has 0 spiro atoms. The topological polar surface area (TPSA) is 109 Å². The summed E-state index contributed by atoms with van der Waals surface area (Å²) in [7, 11) is 3.52. The Bertz CT molecular complexity index is 1690. The van der Waals surface area contributed by atoms with Crippen molar-refractivity contribution in [3.8, 4) is 34.2 Å². The smallest absolute Gasteiger partial charge is 0.212 e. The first kappa shape index (κ1) is 23.4. The highest BCUT2D eigenvalue weighted by atomic mass is 16.5. The molecule has 2 unspecified atom stereocenters. The van der Waals surface area contributed by atoms with Gasteiger partial charge < -0.3 is 15.0 Å². The first-order chi connectivity index (χ1) is 19.1. The van der Waals surface area contributed by atoms with Crippen LogP contribution in [0.3, 0.4) is 0 Å². The molecule has 10 nitrogen and oxygen atoms in total. The molecule has 1 aliphatic carbocycles. The van der Waals surface area contributed by atoms with Crippen LogP contribution >= 0.6 is 0 Å². The number of nitrogens with one attached hydrogen (secondary N) is 1. The zero-order chi connectivity index (χ0) is 26.5. The number of nitrogens with zero attached hydrogens (tertiary/aromatic N) is 8. The van der Waals surface area contributed by atoms with Crippen molar-refractivity contribution in [2.24, 2.45) is 18.9 Å². The van der Waals surface area contributed by atoms with Gasteiger partial charge >= 0.3 is 0 Å². The van der Waals surface area contributed by atoms with Gasteiger partial charge in [-0.1, -0.05) is 6.07 Å². The lowest BCUT2D eigenvalue weighted by atomic mass is 10.0. The lowest BCUT2D eigenvalue weighted by Gasteiger charge is -2.21. The Kier molecular flexibility index (Phi) is 5.52. The molecule has 0 aromatic carbocycles. The Balaban J connectivity index is 1.07. The van der Waals surface area contributed by atoms with Crippen molar-refractivity contribution >= 4 is 11.3 Å². The molecule has 1 N–H and O–H groups in total. The summed E-state index contributed by atoms with van der Waals surface area (Å²) in [6.45, 7) is 2.81. The summed E-state index contributed by atoms with van der Waals surface area (Å²) in [5.74, 6) is 2.90. The maximum atomic E-state index is 9.70. The molecule has 1 saturated carbocycles. The van der Waals surface area contributed by atoms with Crippen molar-refractivity contribution in [2.45, 2.75) is 12.6 Å². The number of rotatable bonds is 7. The number of aryl methyl sites for hydroxylation is 1. The van der Waals surface area contributed by atoms with E-state index in [1.807, 2.05) is 44.1 Å². The van der Waals surface area contributed by atoms with E-state index in [-0.39, 0.29) is 0 Å². The van der Waals surface area contributed by atoms with Gasteiger partial charge in [-0.3, -0.25) is 4.68 Å². The molecule has 1 saturated heterocycles. The maximum Gasteiger partial charge on any atom is 0.212 e. The highest BCUT2D eigenvalue weighted by molar-refractivity contribution is 5.87. The van der Waals surface area contributed by atoms with Crippen LogP contribution < -0.4 is 15.0 Å². The van der Waals surface area contributed by atoms with Gasteiger partial charge in [-0.2, -0.15) is 15.5 Å². The van der Waals surface area contributed by atoms with Gasteiger partial charge in [0, 0.05) is 85.8 Å². The summed E-state index contributed by atoms with van der Waals surface area (Å²) in [5.41, 5.74) is 6.31. The second-order valence-electron chi connectivity index (χ2n) is 10.3. The van der Waals surface area contributed by atoms with Gasteiger partial charge in [-0.25, -0.2) is 14.5 Å². The van der Waals surface area contributed by atoms with Crippen LogP contribution in [-0.2, 0) is 13.6 Å². The van der Waals surface area contributed by atoms with E-state index < -0.39 is 0 Å². The van der Waals surface area contributed by atoms with E-state index in [2.05, 4.69) is 55.7 Å². The molecule has 0 radical (unpaired) electrons. The van der Waals surface area contributed by atoms with Crippen LogP contribution in [0.2, 0.25) is 0 Å². The predicted octanol–water partition coefficient (Wildman–Crippen LogP) is 3.30. The monoisotopic (exact) mass is 517 g/mol. The number of ether oxygens (including phenoxy) is 1. The van der Waals surface area contributed by atoms with E-state index in [1.54, 1.807) is 22.5 Å². The number of fused-ring (bicyclic) bond motifs is 2. The minimum Gasteiger partial charge on any atom is -0.481 e. The van der Waals surface area contributed by atoms with Crippen LogP contribution in [0.1, 0.15) is 11.1 Å². The lowest BCUT2D eigenvalue weighted by molar-refractivity contribution is 0.397. The molecule has 1 aliphatic heterocycles. The van der Waals surface area contributed by atoms with Crippen molar-refractivity contribution < 1.29 is 4.74 Å². The molecule has 0 amide bonds. The van der Waals surface area contributed by atoms with Crippen LogP contribution in [0.5, 0.6) is 5.88 Å². The lowest BCUT2D eigenvalue weighted by Crippen LogP contribution is -2.31. The van der Waals surface area contributed by atoms with E-state index in [0.29, 0.717) is 29.3 Å². The predicted molar refractivity (Wildman–Crippen MR) is 146 cm³/mol. The van der Waals surface area contributed by atoms with Gasteiger partial charge in [0.2, 0.25) is 5.88 Å². The van der Waals surface area contributed by atoms with E-state index in [4.69, 9.17) is 9.72 Å². The third kappa shape index (κ3) is 4.17. The Morgan fingerprint density at radius 2 is 1.85 bits per heavy atom. The Morgan fingerprint density at radius 1 is 0.974 bits per heavy atom. The molecule has 39 heavy (non-hydrogen) atoms. The average Bonchev–Trinajstić information content (AvgIpc) is 3.41. The minimum atomic E-state index is 0.537. The van der Waals surface area contributed by atoms with E-state index >= 15 is 0 Å². The molecule has 2 fully saturated rings. The molecule has 194 valence electrons. The van der Waals surface area contributed by atoms with Crippen molar-refractivity contribution in [1.82, 2.24) is 34.7 Å². The largest absolute Gasteiger partial charge is 0.481 e. The van der Waals surface area contributed by atoms with Crippen molar-refractivity contribution in [3.63, 3.8) is 0 Å². The molecule has 5 aromatic rings. The molecule has 7 rings (SSSR count). The third-order valence-electron chi connectivity index (χ3n) is 7.90. The number of piperidine rings is 1. The van der Waals surface area contributed by atoms with E-state index in [9.17, 15) is 5.26 Å². The summed E-state index contributed by atoms with van der Waals surface area (Å²) < 4.78 is 8.69. The number of methoxy groups -OCH3 is 1. The second kappa shape index (κ2) is 9.22. The second-order valence-corrected chi connectivity index (χ2v) is 10.3. The molecule has 0 bridgehead atoms. The van der Waals surface area contributed by atoms with Crippen LogP contribution in [0, 0.1) is 23.2 Å². The first-order valence-corrected chi connectivity index (χ1v) is 13.0. The molecular formula is C29H27N9O. The molecule has 10 heteroatoms. The standard InChI is InChI=1S/C29H27N9O/c1-36-14-22(13-34-36)20-7-23(29-21(8-30)12-35-38(29)15-20)19-4-5-26(31-11-19)37-16-24-25(17-37)28(24)33-10-18-3-6-27(39-2)32-9-18/h3-7,9,11-15,24-25,28,33H,10,16-17H2,1-2H3. The van der Waals surface area contributed by atoms with Gasteiger partial charge in [0.1, 0.15) is 11.9 Å². The fourth-order valence-electron chi connectivity index (χ4n) is 5.77. The Hall–Kier alpha value is -4.75. The van der Waals surface area contributed by atoms with Gasteiger partial charge in [0.25, 0.3) is 0 Å². The van der Waals surface area contributed by atoms with Gasteiger partial charge in [0.05, 0.1) is 30.6 Å². The van der Waals surface area contributed by atoms with E-state index in [1.165, 1.54) is 0 Å². The summed E-state index contributed by atoms with van der Waals surface area (Å²) in [6.07, 6.45) is 11.1. The highest BCUT2D eigenvalue weighted by Gasteiger charge is 2.55. The summed E-state index contributed by atoms with van der Waals surface area (Å²) in [6, 6.07) is 13.0. The molecule has 6 heterocycles. The van der Waals surface area contributed by atoms with Crippen LogP contribution in [0.4, 0.5) is 5.82 Å². The average molecular weight is 518 g/mol. The maximum absolute atomic E-state index is 9.70. The summed E-state index contributed by atoms with van der Waals surface area (Å²) >= 11 is 0. The quantitative estimate of drug-likeness (QED) is 0.350. The minimum absolute atomic E-state index is 0.537. The number of pyridine rings is 3. The van der Waals surface area contributed by atoms with Crippen LogP contribution in [0.15, 0.2) is 67.5 Å². The zero-order valence-electron chi connectivity index (χ0n) is 21.7.